The van der Waals surface area contributed by atoms with Crippen molar-refractivity contribution in [1.29, 1.82) is 0 Å². The van der Waals surface area contributed by atoms with E-state index in [1.807, 2.05) is 37.6 Å². The molecule has 33 heavy (non-hydrogen) atoms. The largest absolute Gasteiger partial charge is 0.469 e. The van der Waals surface area contributed by atoms with E-state index in [2.05, 4.69) is 15.7 Å². The maximum atomic E-state index is 12.7. The van der Waals surface area contributed by atoms with Gasteiger partial charge in [-0.15, -0.1) is 0 Å². The van der Waals surface area contributed by atoms with E-state index >= 15 is 0 Å². The number of esters is 1. The van der Waals surface area contributed by atoms with E-state index in [1.54, 1.807) is 37.4 Å². The van der Waals surface area contributed by atoms with Gasteiger partial charge in [0.2, 0.25) is 0 Å². The summed E-state index contributed by atoms with van der Waals surface area (Å²) in [5.74, 6) is -0.677. The first kappa shape index (κ1) is 23.7. The van der Waals surface area contributed by atoms with E-state index in [0.717, 1.165) is 28.2 Å². The number of anilines is 1. The lowest BCUT2D eigenvalue weighted by atomic mass is 10.1. The molecule has 0 aliphatic heterocycles. The molecule has 0 atom stereocenters. The van der Waals surface area contributed by atoms with E-state index in [1.165, 1.54) is 7.11 Å². The number of ether oxygens (including phenoxy) is 1. The predicted molar refractivity (Wildman–Crippen MR) is 126 cm³/mol. The lowest BCUT2D eigenvalue weighted by Crippen LogP contribution is -2.18. The summed E-state index contributed by atoms with van der Waals surface area (Å²) in [6, 6.07) is 12.3. The molecule has 1 aromatic heterocycles. The number of aryl methyl sites for hydroxylation is 2. The van der Waals surface area contributed by atoms with Crippen molar-refractivity contribution in [3.8, 4) is 5.69 Å². The lowest BCUT2D eigenvalue weighted by molar-refractivity contribution is -0.140. The highest BCUT2D eigenvalue weighted by Gasteiger charge is 2.15. The number of hydrogen-bond acceptors (Lipinski definition) is 5. The molecule has 1 heterocycles. The SMILES string of the molecule is CNC(=O)c1ccc(NC(=O)c2ccc(-n3nc(C)c(CCC(=O)OC)c3C)cc2)c(C)c1. The summed E-state index contributed by atoms with van der Waals surface area (Å²) in [6.07, 6.45) is 0.857. The minimum atomic E-state index is -0.254. The Morgan fingerprint density at radius 2 is 1.64 bits per heavy atom. The molecule has 0 saturated carbocycles. The highest BCUT2D eigenvalue weighted by atomic mass is 16.5. The van der Waals surface area contributed by atoms with Crippen LogP contribution in [0.25, 0.3) is 5.69 Å². The predicted octanol–water partition coefficient (Wildman–Crippen LogP) is 3.52. The molecule has 8 nitrogen and oxygen atoms in total. The zero-order valence-electron chi connectivity index (χ0n) is 19.5. The van der Waals surface area contributed by atoms with E-state index < -0.39 is 0 Å². The van der Waals surface area contributed by atoms with Gasteiger partial charge >= 0.3 is 5.97 Å². The first-order valence-corrected chi connectivity index (χ1v) is 10.6. The maximum absolute atomic E-state index is 12.7. The summed E-state index contributed by atoms with van der Waals surface area (Å²) in [4.78, 5) is 36.0. The van der Waals surface area contributed by atoms with Crippen molar-refractivity contribution < 1.29 is 19.1 Å². The molecular weight excluding hydrogens is 420 g/mol. The standard InChI is InChI=1S/C25H28N4O4/c1-15-14-19(24(31)26-4)8-12-22(15)27-25(32)18-6-9-20(10-7-18)29-17(3)21(16(2)28-29)11-13-23(30)33-5/h6-10,12,14H,11,13H2,1-5H3,(H,26,31)(H,27,32). The Bertz CT molecular complexity index is 1200. The third-order valence-corrected chi connectivity index (χ3v) is 5.59. The average molecular weight is 449 g/mol. The summed E-state index contributed by atoms with van der Waals surface area (Å²) in [5, 5.41) is 10.1. The van der Waals surface area contributed by atoms with Crippen molar-refractivity contribution in [3.05, 3.63) is 76.1 Å². The molecule has 2 N–H and O–H groups in total. The van der Waals surface area contributed by atoms with Gasteiger partial charge in [-0.2, -0.15) is 5.10 Å². The third-order valence-electron chi connectivity index (χ3n) is 5.59. The number of nitrogens with one attached hydrogen (secondary N) is 2. The van der Waals surface area contributed by atoms with Crippen molar-refractivity contribution in [2.45, 2.75) is 33.6 Å². The van der Waals surface area contributed by atoms with Crippen LogP contribution in [0.2, 0.25) is 0 Å². The van der Waals surface area contributed by atoms with Crippen LogP contribution >= 0.6 is 0 Å². The van der Waals surface area contributed by atoms with Gasteiger partial charge in [-0.3, -0.25) is 14.4 Å². The van der Waals surface area contributed by atoms with Crippen molar-refractivity contribution >= 4 is 23.5 Å². The molecule has 2 amide bonds. The molecule has 0 bridgehead atoms. The minimum absolute atomic E-state index is 0.177. The zero-order chi connectivity index (χ0) is 24.1. The van der Waals surface area contributed by atoms with Gasteiger partial charge in [0.05, 0.1) is 18.5 Å². The van der Waals surface area contributed by atoms with E-state index in [0.29, 0.717) is 29.7 Å². The van der Waals surface area contributed by atoms with E-state index in [4.69, 9.17) is 4.74 Å². The van der Waals surface area contributed by atoms with Crippen LogP contribution in [0.15, 0.2) is 42.5 Å². The van der Waals surface area contributed by atoms with Crippen LogP contribution in [-0.2, 0) is 16.0 Å². The van der Waals surface area contributed by atoms with Gasteiger partial charge < -0.3 is 15.4 Å². The van der Waals surface area contributed by atoms with Crippen LogP contribution in [0.3, 0.4) is 0 Å². The quantitative estimate of drug-likeness (QED) is 0.539. The smallest absolute Gasteiger partial charge is 0.305 e. The Kier molecular flexibility index (Phi) is 7.27. The molecule has 0 unspecified atom stereocenters. The van der Waals surface area contributed by atoms with E-state index in [9.17, 15) is 14.4 Å². The number of rotatable bonds is 7. The third kappa shape index (κ3) is 5.28. The normalized spacial score (nSPS) is 10.6. The number of amides is 2. The summed E-state index contributed by atoms with van der Waals surface area (Å²) in [5.41, 5.74) is 6.11. The second-order valence-electron chi connectivity index (χ2n) is 7.75. The molecule has 172 valence electrons. The molecule has 3 rings (SSSR count). The number of methoxy groups -OCH3 is 1. The Morgan fingerprint density at radius 3 is 2.24 bits per heavy atom. The van der Waals surface area contributed by atoms with Crippen LogP contribution in [0.4, 0.5) is 5.69 Å². The molecule has 8 heteroatoms. The fourth-order valence-corrected chi connectivity index (χ4v) is 3.66. The maximum Gasteiger partial charge on any atom is 0.305 e. The monoisotopic (exact) mass is 448 g/mol. The molecular formula is C25H28N4O4. The van der Waals surface area contributed by atoms with Gasteiger partial charge in [-0.1, -0.05) is 0 Å². The molecule has 2 aromatic carbocycles. The number of carbonyl (C=O) groups excluding carboxylic acids is 3. The zero-order valence-corrected chi connectivity index (χ0v) is 19.5. The van der Waals surface area contributed by atoms with Crippen molar-refractivity contribution in [2.24, 2.45) is 0 Å². The van der Waals surface area contributed by atoms with Crippen LogP contribution in [0, 0.1) is 20.8 Å². The van der Waals surface area contributed by atoms with Crippen molar-refractivity contribution in [3.63, 3.8) is 0 Å². The number of nitrogens with zero attached hydrogens (tertiary/aromatic N) is 2. The molecule has 0 radical (unpaired) electrons. The fraction of sp³-hybridized carbons (Fsp3) is 0.280. The minimum Gasteiger partial charge on any atom is -0.469 e. The lowest BCUT2D eigenvalue weighted by Gasteiger charge is -2.11. The Labute approximate surface area is 193 Å². The summed E-state index contributed by atoms with van der Waals surface area (Å²) < 4.78 is 6.54. The Balaban J connectivity index is 1.75. The number of aromatic nitrogens is 2. The van der Waals surface area contributed by atoms with Gasteiger partial charge in [0.15, 0.2) is 0 Å². The molecule has 0 saturated heterocycles. The first-order chi connectivity index (χ1) is 15.7. The highest BCUT2D eigenvalue weighted by Crippen LogP contribution is 2.21. The number of carbonyl (C=O) groups is 3. The Morgan fingerprint density at radius 1 is 0.970 bits per heavy atom. The van der Waals surface area contributed by atoms with Crippen LogP contribution in [0.1, 0.15) is 49.7 Å². The summed E-state index contributed by atoms with van der Waals surface area (Å²) in [7, 11) is 2.95. The fourth-order valence-electron chi connectivity index (χ4n) is 3.66. The number of hydrogen-bond donors (Lipinski definition) is 2. The van der Waals surface area contributed by atoms with Crippen LogP contribution < -0.4 is 10.6 Å². The van der Waals surface area contributed by atoms with Gasteiger partial charge in [-0.05, 0) is 80.8 Å². The summed E-state index contributed by atoms with van der Waals surface area (Å²) >= 11 is 0. The van der Waals surface area contributed by atoms with E-state index in [-0.39, 0.29) is 17.8 Å². The highest BCUT2D eigenvalue weighted by molar-refractivity contribution is 6.05. The second kappa shape index (κ2) is 10.1. The topological polar surface area (TPSA) is 102 Å². The van der Waals surface area contributed by atoms with Crippen molar-refractivity contribution in [2.75, 3.05) is 19.5 Å². The van der Waals surface area contributed by atoms with Gasteiger partial charge in [0.1, 0.15) is 0 Å². The van der Waals surface area contributed by atoms with Gasteiger partial charge in [0, 0.05) is 36.0 Å². The van der Waals surface area contributed by atoms with Crippen LogP contribution in [0.5, 0.6) is 0 Å². The van der Waals surface area contributed by atoms with Gasteiger partial charge in [-0.25, -0.2) is 4.68 Å². The molecule has 0 aliphatic carbocycles. The summed E-state index contributed by atoms with van der Waals surface area (Å²) in [6.45, 7) is 5.71. The molecule has 0 fully saturated rings. The Hall–Kier alpha value is -3.94. The average Bonchev–Trinajstić information content (AvgIpc) is 3.11. The number of benzene rings is 2. The second-order valence-corrected chi connectivity index (χ2v) is 7.75. The molecule has 3 aromatic rings. The van der Waals surface area contributed by atoms with Crippen LogP contribution in [-0.4, -0.2) is 41.7 Å². The molecule has 0 spiro atoms. The molecule has 0 aliphatic rings. The first-order valence-electron chi connectivity index (χ1n) is 10.6. The van der Waals surface area contributed by atoms with Gasteiger partial charge in [0.25, 0.3) is 11.8 Å². The van der Waals surface area contributed by atoms with Crippen molar-refractivity contribution in [1.82, 2.24) is 15.1 Å².